The number of hydrogen-bond acceptors (Lipinski definition) is 5. The first-order chi connectivity index (χ1) is 11.6. The third-order valence-electron chi connectivity index (χ3n) is 5.41. The maximum absolute atomic E-state index is 12.4. The van der Waals surface area contributed by atoms with E-state index in [-0.39, 0.29) is 36.8 Å². The second kappa shape index (κ2) is 11.1. The molecule has 3 rings (SSSR count). The molecule has 1 unspecified atom stereocenters. The molecule has 0 bridgehead atoms. The normalized spacial score (nSPS) is 19.7. The molecule has 1 aliphatic carbocycles. The Labute approximate surface area is 168 Å². The topological polar surface area (TPSA) is 75.1 Å². The van der Waals surface area contributed by atoms with Crippen LogP contribution in [0.5, 0.6) is 0 Å². The summed E-state index contributed by atoms with van der Waals surface area (Å²) in [6, 6.07) is 0.878. The lowest BCUT2D eigenvalue weighted by molar-refractivity contribution is -0.123. The molecular formula is C17H32Cl2N6O. The summed E-state index contributed by atoms with van der Waals surface area (Å²) >= 11 is 0. The van der Waals surface area contributed by atoms with Crippen LogP contribution in [0.3, 0.4) is 0 Å². The predicted molar refractivity (Wildman–Crippen MR) is 107 cm³/mol. The maximum atomic E-state index is 12.4. The van der Waals surface area contributed by atoms with Gasteiger partial charge in [-0.25, -0.2) is 0 Å². The van der Waals surface area contributed by atoms with Crippen molar-refractivity contribution in [3.8, 4) is 0 Å². The van der Waals surface area contributed by atoms with E-state index in [2.05, 4.69) is 30.3 Å². The number of carbonyl (C=O) groups is 1. The van der Waals surface area contributed by atoms with Crippen molar-refractivity contribution in [1.82, 2.24) is 30.3 Å². The Hall–Kier alpha value is -0.890. The average Bonchev–Trinajstić information content (AvgIpc) is 3.26. The standard InChI is InChI=1S/C17H30N6O.2ClH/c1-13(17-21-19-12-23(17)15-5-3-4-6-15)20-16(24)11-22(2)14-7-9-18-10-8-14;;/h12-15,18H,3-11H2,1-2H3,(H,20,24);2*1H. The molecule has 150 valence electrons. The minimum Gasteiger partial charge on any atom is -0.345 e. The molecule has 2 aliphatic rings. The molecule has 1 atom stereocenters. The van der Waals surface area contributed by atoms with Crippen LogP contribution in [0.4, 0.5) is 0 Å². The van der Waals surface area contributed by atoms with Crippen molar-refractivity contribution in [2.24, 2.45) is 0 Å². The van der Waals surface area contributed by atoms with E-state index in [0.29, 0.717) is 18.6 Å². The molecule has 1 aromatic heterocycles. The number of carbonyl (C=O) groups excluding carboxylic acids is 1. The number of aromatic nitrogens is 3. The molecule has 0 spiro atoms. The van der Waals surface area contributed by atoms with Crippen LogP contribution in [-0.2, 0) is 4.79 Å². The molecule has 2 N–H and O–H groups in total. The molecule has 1 amide bonds. The van der Waals surface area contributed by atoms with Gasteiger partial charge in [-0.15, -0.1) is 35.0 Å². The monoisotopic (exact) mass is 406 g/mol. The van der Waals surface area contributed by atoms with Gasteiger partial charge in [0.25, 0.3) is 0 Å². The van der Waals surface area contributed by atoms with E-state index in [9.17, 15) is 4.79 Å². The fourth-order valence-corrected chi connectivity index (χ4v) is 3.98. The largest absolute Gasteiger partial charge is 0.345 e. The summed E-state index contributed by atoms with van der Waals surface area (Å²) < 4.78 is 2.16. The summed E-state index contributed by atoms with van der Waals surface area (Å²) in [6.07, 6.45) is 8.93. The highest BCUT2D eigenvalue weighted by molar-refractivity contribution is 5.85. The zero-order valence-corrected chi connectivity index (χ0v) is 17.3. The van der Waals surface area contributed by atoms with Gasteiger partial charge in [-0.1, -0.05) is 12.8 Å². The van der Waals surface area contributed by atoms with Gasteiger partial charge in [-0.3, -0.25) is 9.69 Å². The van der Waals surface area contributed by atoms with Crippen molar-refractivity contribution >= 4 is 30.7 Å². The molecule has 1 saturated carbocycles. The SMILES string of the molecule is CC(NC(=O)CN(C)C1CCNCC1)c1nncn1C1CCCC1.Cl.Cl. The fourth-order valence-electron chi connectivity index (χ4n) is 3.98. The Kier molecular flexibility index (Phi) is 9.85. The molecule has 1 aliphatic heterocycles. The van der Waals surface area contributed by atoms with Crippen LogP contribution in [0.1, 0.15) is 63.4 Å². The Bertz CT molecular complexity index is 543. The van der Waals surface area contributed by atoms with Crippen molar-refractivity contribution in [3.05, 3.63) is 12.2 Å². The summed E-state index contributed by atoms with van der Waals surface area (Å²) in [5, 5.41) is 14.8. The second-order valence-corrected chi connectivity index (χ2v) is 7.22. The van der Waals surface area contributed by atoms with Crippen LogP contribution in [0.15, 0.2) is 6.33 Å². The van der Waals surface area contributed by atoms with Crippen LogP contribution in [0, 0.1) is 0 Å². The van der Waals surface area contributed by atoms with Crippen molar-refractivity contribution in [2.75, 3.05) is 26.7 Å². The van der Waals surface area contributed by atoms with Gasteiger partial charge in [0.05, 0.1) is 12.6 Å². The molecule has 0 radical (unpaired) electrons. The lowest BCUT2D eigenvalue weighted by Crippen LogP contribution is -2.45. The number of amides is 1. The van der Waals surface area contributed by atoms with Gasteiger partial charge >= 0.3 is 0 Å². The Morgan fingerprint density at radius 3 is 2.62 bits per heavy atom. The number of nitrogens with zero attached hydrogens (tertiary/aromatic N) is 4. The molecule has 26 heavy (non-hydrogen) atoms. The van der Waals surface area contributed by atoms with Gasteiger partial charge < -0.3 is 15.2 Å². The number of likely N-dealkylation sites (N-methyl/N-ethyl adjacent to an activating group) is 1. The number of nitrogens with one attached hydrogen (secondary N) is 2. The number of rotatable bonds is 6. The van der Waals surface area contributed by atoms with Crippen molar-refractivity contribution in [3.63, 3.8) is 0 Å². The van der Waals surface area contributed by atoms with E-state index < -0.39 is 0 Å². The first-order valence-electron chi connectivity index (χ1n) is 9.25. The minimum atomic E-state index is -0.109. The molecule has 2 heterocycles. The van der Waals surface area contributed by atoms with E-state index in [1.54, 1.807) is 0 Å². The predicted octanol–water partition coefficient (Wildman–Crippen LogP) is 2.10. The van der Waals surface area contributed by atoms with Gasteiger partial charge in [0.15, 0.2) is 5.82 Å². The van der Waals surface area contributed by atoms with Crippen LogP contribution in [-0.4, -0.2) is 58.3 Å². The second-order valence-electron chi connectivity index (χ2n) is 7.22. The van der Waals surface area contributed by atoms with Crippen molar-refractivity contribution in [2.45, 2.75) is 63.6 Å². The van der Waals surface area contributed by atoms with Gasteiger partial charge in [0, 0.05) is 12.1 Å². The third-order valence-corrected chi connectivity index (χ3v) is 5.41. The molecule has 0 aromatic carbocycles. The highest BCUT2D eigenvalue weighted by atomic mass is 35.5. The highest BCUT2D eigenvalue weighted by Crippen LogP contribution is 2.31. The van der Waals surface area contributed by atoms with E-state index >= 15 is 0 Å². The van der Waals surface area contributed by atoms with E-state index in [1.165, 1.54) is 25.7 Å². The van der Waals surface area contributed by atoms with Crippen LogP contribution in [0.25, 0.3) is 0 Å². The lowest BCUT2D eigenvalue weighted by Gasteiger charge is -2.31. The van der Waals surface area contributed by atoms with Crippen molar-refractivity contribution in [1.29, 1.82) is 0 Å². The zero-order chi connectivity index (χ0) is 16.9. The van der Waals surface area contributed by atoms with Crippen LogP contribution >= 0.6 is 24.8 Å². The Balaban J connectivity index is 0.00000169. The number of halogens is 2. The van der Waals surface area contributed by atoms with Gasteiger partial charge in [0.1, 0.15) is 6.33 Å². The van der Waals surface area contributed by atoms with E-state index in [1.807, 2.05) is 20.3 Å². The highest BCUT2D eigenvalue weighted by Gasteiger charge is 2.24. The summed E-state index contributed by atoms with van der Waals surface area (Å²) in [5.41, 5.74) is 0. The van der Waals surface area contributed by atoms with Crippen molar-refractivity contribution < 1.29 is 4.79 Å². The third kappa shape index (κ3) is 5.81. The molecule has 1 aromatic rings. The van der Waals surface area contributed by atoms with E-state index in [4.69, 9.17) is 0 Å². The van der Waals surface area contributed by atoms with Gasteiger partial charge in [-0.05, 0) is 52.7 Å². The fraction of sp³-hybridized carbons (Fsp3) is 0.824. The number of piperidine rings is 1. The molecule has 7 nitrogen and oxygen atoms in total. The first-order valence-corrected chi connectivity index (χ1v) is 9.25. The average molecular weight is 407 g/mol. The van der Waals surface area contributed by atoms with Gasteiger partial charge in [-0.2, -0.15) is 0 Å². The molecule has 1 saturated heterocycles. The lowest BCUT2D eigenvalue weighted by atomic mass is 10.1. The quantitative estimate of drug-likeness (QED) is 0.756. The summed E-state index contributed by atoms with van der Waals surface area (Å²) in [7, 11) is 2.04. The molecular weight excluding hydrogens is 375 g/mol. The zero-order valence-electron chi connectivity index (χ0n) is 15.7. The first kappa shape index (κ1) is 23.1. The van der Waals surface area contributed by atoms with Crippen LogP contribution in [0.2, 0.25) is 0 Å². The minimum absolute atomic E-state index is 0. The summed E-state index contributed by atoms with van der Waals surface area (Å²) in [4.78, 5) is 14.6. The number of hydrogen-bond donors (Lipinski definition) is 2. The Morgan fingerprint density at radius 1 is 1.31 bits per heavy atom. The van der Waals surface area contributed by atoms with Gasteiger partial charge in [0.2, 0.25) is 5.91 Å². The van der Waals surface area contributed by atoms with E-state index in [0.717, 1.165) is 31.8 Å². The van der Waals surface area contributed by atoms with Crippen LogP contribution < -0.4 is 10.6 Å². The summed E-state index contributed by atoms with van der Waals surface area (Å²) in [5.74, 6) is 0.935. The maximum Gasteiger partial charge on any atom is 0.234 e. The molecule has 2 fully saturated rings. The summed E-state index contributed by atoms with van der Waals surface area (Å²) in [6.45, 7) is 4.51. The Morgan fingerprint density at radius 2 is 1.96 bits per heavy atom. The smallest absolute Gasteiger partial charge is 0.234 e. The molecule has 9 heteroatoms.